The second-order valence-electron chi connectivity index (χ2n) is 1.88. The molecule has 0 aromatic heterocycles. The number of rotatable bonds is 3. The van der Waals surface area contributed by atoms with Crippen LogP contribution in [0.1, 0.15) is 0 Å². The second kappa shape index (κ2) is 4.39. The van der Waals surface area contributed by atoms with Crippen molar-refractivity contribution in [2.75, 3.05) is 20.0 Å². The third-order valence-electron chi connectivity index (χ3n) is 0.836. The molecule has 0 heterocycles. The molecule has 0 bridgehead atoms. The standard InChI is InChI=1S/C5H10BNO2/c1-3-4-7(2)5-6(8)9/h1,8-9H,4-5H2,2H3. The van der Waals surface area contributed by atoms with Crippen LogP contribution in [0, 0.1) is 12.3 Å². The van der Waals surface area contributed by atoms with Crippen LogP contribution >= 0.6 is 0 Å². The number of hydrogen-bond donors (Lipinski definition) is 2. The minimum atomic E-state index is -1.29. The molecule has 0 atom stereocenters. The van der Waals surface area contributed by atoms with Crippen LogP contribution in [-0.2, 0) is 0 Å². The Hall–Kier alpha value is -0.495. The van der Waals surface area contributed by atoms with Gasteiger partial charge in [0.2, 0.25) is 0 Å². The minimum Gasteiger partial charge on any atom is -0.426 e. The van der Waals surface area contributed by atoms with Gasteiger partial charge in [0.25, 0.3) is 0 Å². The summed E-state index contributed by atoms with van der Waals surface area (Å²) < 4.78 is 0. The fraction of sp³-hybridized carbons (Fsp3) is 0.600. The summed E-state index contributed by atoms with van der Waals surface area (Å²) in [5, 5.41) is 16.8. The highest BCUT2D eigenvalue weighted by molar-refractivity contribution is 6.41. The topological polar surface area (TPSA) is 43.7 Å². The molecule has 2 N–H and O–H groups in total. The average Bonchev–Trinajstić information content (AvgIpc) is 1.63. The van der Waals surface area contributed by atoms with Crippen molar-refractivity contribution in [3.63, 3.8) is 0 Å². The molecule has 0 aliphatic rings. The van der Waals surface area contributed by atoms with Gasteiger partial charge in [-0.2, -0.15) is 0 Å². The lowest BCUT2D eigenvalue weighted by Crippen LogP contribution is -2.32. The van der Waals surface area contributed by atoms with E-state index in [0.29, 0.717) is 6.54 Å². The fourth-order valence-electron chi connectivity index (χ4n) is 0.499. The first-order valence-electron chi connectivity index (χ1n) is 2.65. The number of nitrogens with zero attached hydrogens (tertiary/aromatic N) is 1. The zero-order valence-electron chi connectivity index (χ0n) is 5.41. The van der Waals surface area contributed by atoms with E-state index in [9.17, 15) is 0 Å². The summed E-state index contributed by atoms with van der Waals surface area (Å²) in [6.45, 7) is 0.442. The molecular weight excluding hydrogens is 117 g/mol. The lowest BCUT2D eigenvalue weighted by Gasteiger charge is -2.10. The maximum Gasteiger partial charge on any atom is 0.466 e. The Kier molecular flexibility index (Phi) is 4.15. The SMILES string of the molecule is C#CCN(C)CB(O)O. The molecule has 0 aromatic carbocycles. The van der Waals surface area contributed by atoms with Crippen LogP contribution in [0.4, 0.5) is 0 Å². The van der Waals surface area contributed by atoms with E-state index >= 15 is 0 Å². The fourth-order valence-corrected chi connectivity index (χ4v) is 0.499. The Morgan fingerprint density at radius 2 is 2.22 bits per heavy atom. The predicted octanol–water partition coefficient (Wildman–Crippen LogP) is -1.44. The largest absolute Gasteiger partial charge is 0.466 e. The summed E-state index contributed by atoms with van der Waals surface area (Å²) in [5.74, 6) is 2.38. The van der Waals surface area contributed by atoms with Gasteiger partial charge >= 0.3 is 7.12 Å². The van der Waals surface area contributed by atoms with Gasteiger partial charge < -0.3 is 10.0 Å². The molecule has 0 fully saturated rings. The summed E-state index contributed by atoms with van der Waals surface area (Å²) >= 11 is 0. The summed E-state index contributed by atoms with van der Waals surface area (Å²) in [6.07, 6.45) is 5.15. The zero-order chi connectivity index (χ0) is 7.28. The van der Waals surface area contributed by atoms with E-state index in [0.717, 1.165) is 0 Å². The van der Waals surface area contributed by atoms with E-state index in [1.165, 1.54) is 0 Å². The van der Waals surface area contributed by atoms with Gasteiger partial charge in [-0.3, -0.25) is 4.90 Å². The highest BCUT2D eigenvalue weighted by Crippen LogP contribution is 1.79. The van der Waals surface area contributed by atoms with Crippen LogP contribution in [-0.4, -0.2) is 42.1 Å². The second-order valence-corrected chi connectivity index (χ2v) is 1.88. The molecule has 0 amide bonds. The van der Waals surface area contributed by atoms with E-state index in [-0.39, 0.29) is 6.44 Å². The molecule has 9 heavy (non-hydrogen) atoms. The molecule has 0 saturated heterocycles. The lowest BCUT2D eigenvalue weighted by atomic mass is 9.92. The van der Waals surface area contributed by atoms with Crippen LogP contribution in [0.25, 0.3) is 0 Å². The summed E-state index contributed by atoms with van der Waals surface area (Å²) in [5.41, 5.74) is 0. The molecule has 4 heteroatoms. The molecule has 0 aliphatic heterocycles. The van der Waals surface area contributed by atoms with Crippen LogP contribution in [0.15, 0.2) is 0 Å². The van der Waals surface area contributed by atoms with Crippen LogP contribution < -0.4 is 0 Å². The lowest BCUT2D eigenvalue weighted by molar-refractivity contribution is 0.342. The molecule has 0 spiro atoms. The smallest absolute Gasteiger partial charge is 0.426 e. The van der Waals surface area contributed by atoms with E-state index in [1.807, 2.05) is 0 Å². The Bertz CT molecular complexity index is 110. The average molecular weight is 127 g/mol. The molecule has 0 radical (unpaired) electrons. The molecule has 0 saturated carbocycles. The Balaban J connectivity index is 3.29. The van der Waals surface area contributed by atoms with Gasteiger partial charge in [-0.15, -0.1) is 6.42 Å². The van der Waals surface area contributed by atoms with Crippen LogP contribution in [0.5, 0.6) is 0 Å². The Labute approximate surface area is 55.4 Å². The van der Waals surface area contributed by atoms with E-state index in [4.69, 9.17) is 16.5 Å². The van der Waals surface area contributed by atoms with Crippen molar-refractivity contribution in [2.24, 2.45) is 0 Å². The van der Waals surface area contributed by atoms with Gasteiger partial charge in [-0.1, -0.05) is 5.92 Å². The number of hydrogen-bond acceptors (Lipinski definition) is 3. The monoisotopic (exact) mass is 127 g/mol. The molecule has 0 aromatic rings. The van der Waals surface area contributed by atoms with Crippen molar-refractivity contribution in [2.45, 2.75) is 0 Å². The highest BCUT2D eigenvalue weighted by Gasteiger charge is 2.08. The van der Waals surface area contributed by atoms with Gasteiger partial charge in [-0.05, 0) is 7.05 Å². The van der Waals surface area contributed by atoms with E-state index in [1.54, 1.807) is 11.9 Å². The van der Waals surface area contributed by atoms with E-state index in [2.05, 4.69) is 5.92 Å². The number of terminal acetylenes is 1. The maximum absolute atomic E-state index is 8.39. The van der Waals surface area contributed by atoms with Gasteiger partial charge in [0, 0.05) is 6.44 Å². The van der Waals surface area contributed by atoms with Crippen molar-refractivity contribution in [1.82, 2.24) is 4.90 Å². The quantitative estimate of drug-likeness (QED) is 0.360. The molecule has 3 nitrogen and oxygen atoms in total. The van der Waals surface area contributed by atoms with Gasteiger partial charge in [0.1, 0.15) is 0 Å². The Morgan fingerprint density at radius 1 is 1.67 bits per heavy atom. The maximum atomic E-state index is 8.39. The molecule has 50 valence electrons. The van der Waals surface area contributed by atoms with Crippen molar-refractivity contribution < 1.29 is 10.0 Å². The zero-order valence-corrected chi connectivity index (χ0v) is 5.41. The third-order valence-corrected chi connectivity index (χ3v) is 0.836. The predicted molar refractivity (Wildman–Crippen MR) is 36.5 cm³/mol. The molecular formula is C5H10BNO2. The molecule has 0 unspecified atom stereocenters. The molecule has 0 rings (SSSR count). The minimum absolute atomic E-state index is 0.199. The summed E-state index contributed by atoms with van der Waals surface area (Å²) in [4.78, 5) is 1.64. The van der Waals surface area contributed by atoms with Crippen molar-refractivity contribution >= 4 is 7.12 Å². The first-order valence-corrected chi connectivity index (χ1v) is 2.65. The normalized spacial score (nSPS) is 9.22. The summed E-state index contributed by atoms with van der Waals surface area (Å²) in [7, 11) is 0.433. The van der Waals surface area contributed by atoms with Crippen LogP contribution in [0.2, 0.25) is 0 Å². The Morgan fingerprint density at radius 3 is 2.56 bits per heavy atom. The first kappa shape index (κ1) is 8.50. The highest BCUT2D eigenvalue weighted by atomic mass is 16.4. The third kappa shape index (κ3) is 5.37. The van der Waals surface area contributed by atoms with Gasteiger partial charge in [0.05, 0.1) is 6.54 Å². The van der Waals surface area contributed by atoms with Gasteiger partial charge in [0.15, 0.2) is 0 Å². The summed E-state index contributed by atoms with van der Waals surface area (Å²) in [6, 6.07) is 0. The van der Waals surface area contributed by atoms with Crippen molar-refractivity contribution in [3.8, 4) is 12.3 Å². The van der Waals surface area contributed by atoms with Gasteiger partial charge in [-0.25, -0.2) is 0 Å². The van der Waals surface area contributed by atoms with Crippen molar-refractivity contribution in [1.29, 1.82) is 0 Å². The van der Waals surface area contributed by atoms with Crippen molar-refractivity contribution in [3.05, 3.63) is 0 Å². The van der Waals surface area contributed by atoms with Crippen LogP contribution in [0.3, 0.4) is 0 Å². The first-order chi connectivity index (χ1) is 4.16. The molecule has 0 aliphatic carbocycles. The van der Waals surface area contributed by atoms with E-state index < -0.39 is 7.12 Å².